The molecule has 0 saturated heterocycles. The highest BCUT2D eigenvalue weighted by atomic mass is 79.9. The first-order valence-corrected chi connectivity index (χ1v) is 8.30. The molecule has 0 saturated carbocycles. The molecule has 0 unspecified atom stereocenters. The Morgan fingerprint density at radius 2 is 2.10 bits per heavy atom. The normalized spacial score (nSPS) is 10.8. The van der Waals surface area contributed by atoms with Crippen LogP contribution < -0.4 is 10.2 Å². The highest BCUT2D eigenvalue weighted by Gasteiger charge is 2.09. The van der Waals surface area contributed by atoms with Crippen LogP contribution in [-0.4, -0.2) is 13.1 Å². The van der Waals surface area contributed by atoms with Gasteiger partial charge in [-0.15, -0.1) is 0 Å². The topological polar surface area (TPSA) is 28.4 Å². The lowest BCUT2D eigenvalue weighted by Gasteiger charge is -2.23. The molecule has 0 bridgehead atoms. The van der Waals surface area contributed by atoms with Crippen molar-refractivity contribution >= 4 is 21.6 Å². The van der Waals surface area contributed by atoms with Crippen LogP contribution in [0.15, 0.2) is 45.5 Å². The largest absolute Gasteiger partial charge is 0.467 e. The SMILES string of the molecule is CCCNCc1ccc(N(CC)Cc2ccco2)cc1Br. The van der Waals surface area contributed by atoms with Gasteiger partial charge in [0.25, 0.3) is 0 Å². The third kappa shape index (κ3) is 4.61. The summed E-state index contributed by atoms with van der Waals surface area (Å²) in [5, 5.41) is 3.43. The number of rotatable bonds is 8. The van der Waals surface area contributed by atoms with E-state index in [2.05, 4.69) is 58.2 Å². The Morgan fingerprint density at radius 1 is 1.24 bits per heavy atom. The molecule has 0 aliphatic heterocycles. The molecular weight excluding hydrogens is 328 g/mol. The summed E-state index contributed by atoms with van der Waals surface area (Å²) < 4.78 is 6.60. The zero-order valence-electron chi connectivity index (χ0n) is 12.7. The molecule has 0 atom stereocenters. The van der Waals surface area contributed by atoms with Crippen LogP contribution in [0.2, 0.25) is 0 Å². The number of nitrogens with zero attached hydrogens (tertiary/aromatic N) is 1. The zero-order valence-corrected chi connectivity index (χ0v) is 14.3. The van der Waals surface area contributed by atoms with Crippen LogP contribution in [0.25, 0.3) is 0 Å². The fraction of sp³-hybridized carbons (Fsp3) is 0.412. The van der Waals surface area contributed by atoms with Crippen molar-refractivity contribution in [2.75, 3.05) is 18.0 Å². The van der Waals surface area contributed by atoms with Gasteiger partial charge in [0.1, 0.15) is 5.76 Å². The molecule has 1 aromatic carbocycles. The van der Waals surface area contributed by atoms with Gasteiger partial charge in [-0.25, -0.2) is 0 Å². The van der Waals surface area contributed by atoms with Crippen molar-refractivity contribution in [3.05, 3.63) is 52.4 Å². The Labute approximate surface area is 135 Å². The van der Waals surface area contributed by atoms with Crippen molar-refractivity contribution in [1.82, 2.24) is 5.32 Å². The minimum absolute atomic E-state index is 0.795. The Balaban J connectivity index is 2.06. The summed E-state index contributed by atoms with van der Waals surface area (Å²) in [5.41, 5.74) is 2.50. The maximum atomic E-state index is 5.44. The van der Waals surface area contributed by atoms with Crippen LogP contribution >= 0.6 is 15.9 Å². The molecule has 0 aliphatic carbocycles. The predicted molar refractivity (Wildman–Crippen MR) is 91.6 cm³/mol. The van der Waals surface area contributed by atoms with E-state index >= 15 is 0 Å². The monoisotopic (exact) mass is 350 g/mol. The highest BCUT2D eigenvalue weighted by molar-refractivity contribution is 9.10. The first-order chi connectivity index (χ1) is 10.2. The van der Waals surface area contributed by atoms with Gasteiger partial charge in [0.15, 0.2) is 0 Å². The molecule has 0 radical (unpaired) electrons. The molecule has 114 valence electrons. The summed E-state index contributed by atoms with van der Waals surface area (Å²) in [6.45, 7) is 8.03. The van der Waals surface area contributed by atoms with E-state index in [1.54, 1.807) is 6.26 Å². The minimum Gasteiger partial charge on any atom is -0.467 e. The number of halogens is 1. The zero-order chi connectivity index (χ0) is 15.1. The molecule has 4 heteroatoms. The van der Waals surface area contributed by atoms with E-state index in [4.69, 9.17) is 4.42 Å². The van der Waals surface area contributed by atoms with E-state index in [1.807, 2.05) is 12.1 Å². The average Bonchev–Trinajstić information content (AvgIpc) is 2.99. The van der Waals surface area contributed by atoms with Crippen molar-refractivity contribution in [1.29, 1.82) is 0 Å². The van der Waals surface area contributed by atoms with Gasteiger partial charge in [-0.2, -0.15) is 0 Å². The second-order valence-electron chi connectivity index (χ2n) is 5.05. The highest BCUT2D eigenvalue weighted by Crippen LogP contribution is 2.25. The number of hydrogen-bond donors (Lipinski definition) is 1. The maximum absolute atomic E-state index is 5.44. The molecule has 3 nitrogen and oxygen atoms in total. The molecule has 0 fully saturated rings. The number of nitrogens with one attached hydrogen (secondary N) is 1. The first-order valence-electron chi connectivity index (χ1n) is 7.51. The van der Waals surface area contributed by atoms with E-state index < -0.39 is 0 Å². The van der Waals surface area contributed by atoms with Gasteiger partial charge in [0, 0.05) is 23.2 Å². The predicted octanol–water partition coefficient (Wildman–Crippen LogP) is 4.57. The van der Waals surface area contributed by atoms with Crippen LogP contribution in [-0.2, 0) is 13.1 Å². The summed E-state index contributed by atoms with van der Waals surface area (Å²) in [6.07, 6.45) is 2.88. The van der Waals surface area contributed by atoms with E-state index in [-0.39, 0.29) is 0 Å². The molecule has 1 N–H and O–H groups in total. The third-order valence-corrected chi connectivity index (χ3v) is 4.19. The minimum atomic E-state index is 0.795. The molecule has 0 amide bonds. The van der Waals surface area contributed by atoms with Gasteiger partial charge in [0.05, 0.1) is 12.8 Å². The van der Waals surface area contributed by atoms with Crippen LogP contribution in [0.5, 0.6) is 0 Å². The third-order valence-electron chi connectivity index (χ3n) is 3.45. The van der Waals surface area contributed by atoms with Crippen molar-refractivity contribution in [3.8, 4) is 0 Å². The van der Waals surface area contributed by atoms with E-state index in [0.717, 1.165) is 42.8 Å². The molecule has 2 aromatic rings. The second kappa shape index (κ2) is 8.25. The van der Waals surface area contributed by atoms with Crippen molar-refractivity contribution in [2.24, 2.45) is 0 Å². The molecular formula is C17H23BrN2O. The summed E-state index contributed by atoms with van der Waals surface area (Å²) in [6, 6.07) is 10.5. The lowest BCUT2D eigenvalue weighted by Crippen LogP contribution is -2.22. The van der Waals surface area contributed by atoms with Gasteiger partial charge >= 0.3 is 0 Å². The van der Waals surface area contributed by atoms with Gasteiger partial charge < -0.3 is 14.6 Å². The van der Waals surface area contributed by atoms with E-state index in [9.17, 15) is 0 Å². The van der Waals surface area contributed by atoms with Crippen molar-refractivity contribution in [2.45, 2.75) is 33.4 Å². The van der Waals surface area contributed by atoms with Crippen LogP contribution in [0.1, 0.15) is 31.6 Å². The second-order valence-corrected chi connectivity index (χ2v) is 5.90. The fourth-order valence-electron chi connectivity index (χ4n) is 2.25. The Hall–Kier alpha value is -1.26. The van der Waals surface area contributed by atoms with Crippen LogP contribution in [0.4, 0.5) is 5.69 Å². The first kappa shape index (κ1) is 16.1. The summed E-state index contributed by atoms with van der Waals surface area (Å²) in [7, 11) is 0. The molecule has 0 aliphatic rings. The Morgan fingerprint density at radius 3 is 2.71 bits per heavy atom. The average molecular weight is 351 g/mol. The molecule has 21 heavy (non-hydrogen) atoms. The van der Waals surface area contributed by atoms with Crippen molar-refractivity contribution in [3.63, 3.8) is 0 Å². The maximum Gasteiger partial charge on any atom is 0.123 e. The van der Waals surface area contributed by atoms with Gasteiger partial charge in [0.2, 0.25) is 0 Å². The Kier molecular flexibility index (Phi) is 6.33. The van der Waals surface area contributed by atoms with Gasteiger partial charge in [-0.3, -0.25) is 0 Å². The quantitative estimate of drug-likeness (QED) is 0.707. The van der Waals surface area contributed by atoms with Crippen LogP contribution in [0, 0.1) is 0 Å². The Bertz CT molecular complexity index is 540. The van der Waals surface area contributed by atoms with E-state index in [0.29, 0.717) is 0 Å². The summed E-state index contributed by atoms with van der Waals surface area (Å²) in [5.74, 6) is 0.988. The fourth-order valence-corrected chi connectivity index (χ4v) is 2.76. The van der Waals surface area contributed by atoms with Gasteiger partial charge in [-0.05, 0) is 49.7 Å². The van der Waals surface area contributed by atoms with Crippen LogP contribution in [0.3, 0.4) is 0 Å². The number of anilines is 1. The molecule has 0 spiro atoms. The number of benzene rings is 1. The summed E-state index contributed by atoms with van der Waals surface area (Å²) >= 11 is 3.68. The lowest BCUT2D eigenvalue weighted by atomic mass is 10.2. The van der Waals surface area contributed by atoms with E-state index in [1.165, 1.54) is 11.3 Å². The summed E-state index contributed by atoms with van der Waals surface area (Å²) in [4.78, 5) is 2.30. The number of hydrogen-bond acceptors (Lipinski definition) is 3. The smallest absolute Gasteiger partial charge is 0.123 e. The standard InChI is InChI=1S/C17H23BrN2O/c1-3-9-19-12-14-7-8-15(11-17(14)18)20(4-2)13-16-6-5-10-21-16/h5-8,10-11,19H,3-4,9,12-13H2,1-2H3. The van der Waals surface area contributed by atoms with Crippen molar-refractivity contribution < 1.29 is 4.42 Å². The molecule has 1 heterocycles. The van der Waals surface area contributed by atoms with Gasteiger partial charge in [-0.1, -0.05) is 28.9 Å². The number of furan rings is 1. The lowest BCUT2D eigenvalue weighted by molar-refractivity contribution is 0.503. The molecule has 2 rings (SSSR count). The molecule has 1 aromatic heterocycles.